The summed E-state index contributed by atoms with van der Waals surface area (Å²) in [6.45, 7) is 0. The zero-order valence-electron chi connectivity index (χ0n) is 9.19. The summed E-state index contributed by atoms with van der Waals surface area (Å²) in [7, 11) is -3.39. The fourth-order valence-electron chi connectivity index (χ4n) is 1.38. The van der Waals surface area contributed by atoms with Gasteiger partial charge in [-0.15, -0.1) is 0 Å². The van der Waals surface area contributed by atoms with Crippen LogP contribution in [-0.2, 0) is 9.84 Å². The van der Waals surface area contributed by atoms with Crippen molar-refractivity contribution < 1.29 is 8.42 Å². The number of nitriles is 1. The maximum Gasteiger partial charge on any atom is 0.179 e. The molecule has 0 aromatic heterocycles. The fourth-order valence-corrected chi connectivity index (χ4v) is 3.35. The molecule has 0 saturated heterocycles. The van der Waals surface area contributed by atoms with Gasteiger partial charge in [0.25, 0.3) is 0 Å². The highest BCUT2D eigenvalue weighted by Gasteiger charge is 2.17. The molecule has 0 fully saturated rings. The molecule has 0 aliphatic rings. The Labute approximate surface area is 106 Å². The minimum Gasteiger partial charge on any atom is -0.399 e. The van der Waals surface area contributed by atoms with Crippen molar-refractivity contribution in [2.75, 3.05) is 11.5 Å². The molecule has 17 heavy (non-hydrogen) atoms. The molecule has 0 heterocycles. The monoisotopic (exact) mass is 272 g/mol. The van der Waals surface area contributed by atoms with E-state index in [0.29, 0.717) is 24.9 Å². The van der Waals surface area contributed by atoms with Crippen LogP contribution < -0.4 is 5.73 Å². The lowest BCUT2D eigenvalue weighted by molar-refractivity contribution is 0.592. The van der Waals surface area contributed by atoms with Crippen molar-refractivity contribution in [2.45, 2.75) is 24.2 Å². The van der Waals surface area contributed by atoms with Crippen LogP contribution in [0.1, 0.15) is 19.3 Å². The second-order valence-electron chi connectivity index (χ2n) is 3.62. The summed E-state index contributed by atoms with van der Waals surface area (Å²) in [6, 6.07) is 6.32. The molecule has 0 aliphatic heterocycles. The first-order valence-corrected chi connectivity index (χ1v) is 7.15. The van der Waals surface area contributed by atoms with Crippen LogP contribution in [0.5, 0.6) is 0 Å². The molecule has 0 bridgehead atoms. The minimum absolute atomic E-state index is 0.00167. The summed E-state index contributed by atoms with van der Waals surface area (Å²) in [4.78, 5) is 0.102. The number of benzene rings is 1. The third-order valence-corrected chi connectivity index (χ3v) is 4.52. The van der Waals surface area contributed by atoms with Crippen LogP contribution in [0.25, 0.3) is 0 Å². The summed E-state index contributed by atoms with van der Waals surface area (Å²) < 4.78 is 23.8. The molecule has 4 nitrogen and oxygen atoms in total. The average Bonchev–Trinajstić information content (AvgIpc) is 2.24. The third-order valence-electron chi connectivity index (χ3n) is 2.24. The highest BCUT2D eigenvalue weighted by atomic mass is 35.5. The molecule has 2 N–H and O–H groups in total. The van der Waals surface area contributed by atoms with E-state index in [9.17, 15) is 8.42 Å². The van der Waals surface area contributed by atoms with Gasteiger partial charge in [-0.3, -0.25) is 0 Å². The first kappa shape index (κ1) is 13.8. The predicted octanol–water partition coefficient (Wildman–Crippen LogP) is 2.39. The molecular formula is C11H13ClN2O2S. The van der Waals surface area contributed by atoms with Crippen LogP contribution in [0.4, 0.5) is 5.69 Å². The van der Waals surface area contributed by atoms with Gasteiger partial charge >= 0.3 is 0 Å². The lowest BCUT2D eigenvalue weighted by Crippen LogP contribution is -2.07. The Balaban J connectivity index is 2.80. The minimum atomic E-state index is -3.39. The van der Waals surface area contributed by atoms with Crippen molar-refractivity contribution in [3.63, 3.8) is 0 Å². The van der Waals surface area contributed by atoms with E-state index in [1.165, 1.54) is 18.2 Å². The van der Waals surface area contributed by atoms with Crippen LogP contribution in [0.15, 0.2) is 23.1 Å². The summed E-state index contributed by atoms with van der Waals surface area (Å²) >= 11 is 5.84. The van der Waals surface area contributed by atoms with Crippen LogP contribution in [0, 0.1) is 11.3 Å². The number of anilines is 1. The van der Waals surface area contributed by atoms with Gasteiger partial charge in [-0.1, -0.05) is 11.6 Å². The molecule has 1 aromatic rings. The van der Waals surface area contributed by atoms with Crippen molar-refractivity contribution in [2.24, 2.45) is 0 Å². The number of nitrogen functional groups attached to an aromatic ring is 1. The quantitative estimate of drug-likeness (QED) is 0.659. The Morgan fingerprint density at radius 3 is 2.65 bits per heavy atom. The van der Waals surface area contributed by atoms with Crippen molar-refractivity contribution in [3.8, 4) is 6.07 Å². The molecule has 0 atom stereocenters. The van der Waals surface area contributed by atoms with Gasteiger partial charge < -0.3 is 5.73 Å². The number of halogens is 1. The summed E-state index contributed by atoms with van der Waals surface area (Å²) in [5.74, 6) is -0.00167. The number of rotatable bonds is 5. The number of unbranched alkanes of at least 4 members (excludes halogenated alkanes) is 2. The second-order valence-corrected chi connectivity index (χ2v) is 6.11. The van der Waals surface area contributed by atoms with Gasteiger partial charge in [0.2, 0.25) is 0 Å². The van der Waals surface area contributed by atoms with Crippen molar-refractivity contribution >= 4 is 27.1 Å². The van der Waals surface area contributed by atoms with Gasteiger partial charge in [-0.25, -0.2) is 8.42 Å². The smallest absolute Gasteiger partial charge is 0.179 e. The van der Waals surface area contributed by atoms with E-state index in [1.54, 1.807) is 0 Å². The van der Waals surface area contributed by atoms with Gasteiger partial charge in [-0.2, -0.15) is 5.26 Å². The molecule has 0 aliphatic carbocycles. The Morgan fingerprint density at radius 1 is 1.35 bits per heavy atom. The highest BCUT2D eigenvalue weighted by molar-refractivity contribution is 7.91. The van der Waals surface area contributed by atoms with Crippen molar-refractivity contribution in [1.82, 2.24) is 0 Å². The normalized spacial score (nSPS) is 11.1. The van der Waals surface area contributed by atoms with Crippen molar-refractivity contribution in [3.05, 3.63) is 23.2 Å². The maximum atomic E-state index is 11.9. The lowest BCUT2D eigenvalue weighted by atomic mass is 10.3. The van der Waals surface area contributed by atoms with E-state index < -0.39 is 9.84 Å². The highest BCUT2D eigenvalue weighted by Crippen LogP contribution is 2.25. The zero-order chi connectivity index (χ0) is 12.9. The van der Waals surface area contributed by atoms with Crippen LogP contribution in [-0.4, -0.2) is 14.2 Å². The summed E-state index contributed by atoms with van der Waals surface area (Å²) in [5, 5.41) is 8.50. The molecule has 6 heteroatoms. The number of nitrogens with two attached hydrogens (primary N) is 1. The Bertz CT molecular complexity index is 535. The number of sulfone groups is 1. The van der Waals surface area contributed by atoms with Crippen LogP contribution in [0.2, 0.25) is 5.02 Å². The Kier molecular flexibility index (Phi) is 4.79. The number of hydrogen-bond acceptors (Lipinski definition) is 4. The fraction of sp³-hybridized carbons (Fsp3) is 0.364. The molecule has 92 valence electrons. The van der Waals surface area contributed by atoms with E-state index in [2.05, 4.69) is 0 Å². The molecule has 1 aromatic carbocycles. The van der Waals surface area contributed by atoms with E-state index in [-0.39, 0.29) is 15.7 Å². The lowest BCUT2D eigenvalue weighted by Gasteiger charge is -2.06. The number of hydrogen-bond donors (Lipinski definition) is 1. The van der Waals surface area contributed by atoms with E-state index >= 15 is 0 Å². The topological polar surface area (TPSA) is 84.0 Å². The predicted molar refractivity (Wildman–Crippen MR) is 67.4 cm³/mol. The second kappa shape index (κ2) is 5.89. The van der Waals surface area contributed by atoms with Gasteiger partial charge in [0.05, 0.1) is 21.7 Å². The molecule has 0 radical (unpaired) electrons. The van der Waals surface area contributed by atoms with Gasteiger partial charge in [-0.05, 0) is 31.0 Å². The van der Waals surface area contributed by atoms with E-state index in [4.69, 9.17) is 22.6 Å². The first-order valence-electron chi connectivity index (χ1n) is 5.12. The van der Waals surface area contributed by atoms with Crippen molar-refractivity contribution in [1.29, 1.82) is 5.26 Å². The molecule has 0 saturated carbocycles. The molecule has 1 rings (SSSR count). The Hall–Kier alpha value is -1.25. The van der Waals surface area contributed by atoms with Crippen LogP contribution in [0.3, 0.4) is 0 Å². The average molecular weight is 273 g/mol. The standard InChI is InChI=1S/C11H13ClN2O2S/c12-10-8-9(14)4-5-11(10)17(15,16)7-3-1-2-6-13/h4-5,8H,1-3,7,14H2. The summed E-state index contributed by atoms with van der Waals surface area (Å²) in [5.41, 5.74) is 5.92. The third kappa shape index (κ3) is 3.91. The maximum absolute atomic E-state index is 11.9. The Morgan fingerprint density at radius 2 is 2.06 bits per heavy atom. The van der Waals surface area contributed by atoms with Gasteiger partial charge in [0.1, 0.15) is 0 Å². The number of nitrogens with zero attached hydrogens (tertiary/aromatic N) is 1. The first-order chi connectivity index (χ1) is 7.97. The van der Waals surface area contributed by atoms with Crippen LogP contribution >= 0.6 is 11.6 Å². The largest absolute Gasteiger partial charge is 0.399 e. The summed E-state index contributed by atoms with van der Waals surface area (Å²) in [6.07, 6.45) is 1.39. The zero-order valence-corrected chi connectivity index (χ0v) is 10.8. The van der Waals surface area contributed by atoms with Gasteiger partial charge in [0, 0.05) is 12.1 Å². The molecule has 0 unspecified atom stereocenters. The van der Waals surface area contributed by atoms with E-state index in [1.807, 2.05) is 6.07 Å². The molecule has 0 amide bonds. The SMILES string of the molecule is N#CCCCCS(=O)(=O)c1ccc(N)cc1Cl. The van der Waals surface area contributed by atoms with Gasteiger partial charge in [0.15, 0.2) is 9.84 Å². The molecular weight excluding hydrogens is 260 g/mol. The molecule has 0 spiro atoms. The van der Waals surface area contributed by atoms with E-state index in [0.717, 1.165) is 0 Å².